The number of nitrogens with zero attached hydrogens (tertiary/aromatic N) is 2. The summed E-state index contributed by atoms with van der Waals surface area (Å²) < 4.78 is 13.4. The number of hydrogen-bond donors (Lipinski definition) is 1. The summed E-state index contributed by atoms with van der Waals surface area (Å²) in [6.07, 6.45) is 1.70. The predicted octanol–water partition coefficient (Wildman–Crippen LogP) is 6.10. The van der Waals surface area contributed by atoms with Gasteiger partial charge in [0.1, 0.15) is 17.3 Å². The number of aromatic nitrogens is 1. The molecule has 0 unspecified atom stereocenters. The molecule has 0 bridgehead atoms. The van der Waals surface area contributed by atoms with E-state index in [4.69, 9.17) is 25.7 Å². The smallest absolute Gasteiger partial charge is 0.271 e. The van der Waals surface area contributed by atoms with E-state index in [1.807, 2.05) is 85.8 Å². The van der Waals surface area contributed by atoms with Crippen molar-refractivity contribution < 1.29 is 13.9 Å². The third kappa shape index (κ3) is 5.22. The Morgan fingerprint density at radius 2 is 1.83 bits per heavy atom. The fraction of sp³-hybridized carbons (Fsp3) is 0.121. The SMILES string of the molecule is COc1ccc([C@@H]2C(C(=O)Nc3ccccc3C)=C(C)N=c3sc(=Cc4ccc(-c5cccc(Cl)c5)o4)c(=O)n32)cc1. The van der Waals surface area contributed by atoms with Gasteiger partial charge in [-0.15, -0.1) is 0 Å². The molecule has 42 heavy (non-hydrogen) atoms. The van der Waals surface area contributed by atoms with Crippen molar-refractivity contribution in [2.45, 2.75) is 19.9 Å². The van der Waals surface area contributed by atoms with Gasteiger partial charge in [0.15, 0.2) is 4.80 Å². The standard InChI is InChI=1S/C33H26ClN3O4S/c1-19-7-4-5-10-26(19)36-31(38)29-20(2)35-33-37(30(29)21-11-13-24(40-3)14-12-21)32(39)28(42-33)18-25-15-16-27(41-25)22-8-6-9-23(34)17-22/h4-18,30H,1-3H3,(H,36,38)/t30-/m1/s1. The number of rotatable bonds is 6. The van der Waals surface area contributed by atoms with Crippen molar-refractivity contribution in [3.05, 3.63) is 138 Å². The van der Waals surface area contributed by atoms with Crippen LogP contribution < -0.4 is 24.9 Å². The summed E-state index contributed by atoms with van der Waals surface area (Å²) in [7, 11) is 1.59. The number of halogens is 1. The molecule has 2 aromatic heterocycles. The van der Waals surface area contributed by atoms with Crippen LogP contribution in [0.5, 0.6) is 5.75 Å². The van der Waals surface area contributed by atoms with Crippen LogP contribution in [0.15, 0.2) is 110 Å². The first-order valence-electron chi connectivity index (χ1n) is 13.2. The molecule has 3 heterocycles. The molecular weight excluding hydrogens is 570 g/mol. The molecule has 6 rings (SSSR count). The summed E-state index contributed by atoms with van der Waals surface area (Å²) in [5.74, 6) is 1.51. The van der Waals surface area contributed by atoms with Crippen molar-refractivity contribution in [3.63, 3.8) is 0 Å². The van der Waals surface area contributed by atoms with E-state index in [1.54, 1.807) is 30.7 Å². The topological polar surface area (TPSA) is 85.8 Å². The van der Waals surface area contributed by atoms with E-state index in [-0.39, 0.29) is 11.5 Å². The zero-order chi connectivity index (χ0) is 29.4. The van der Waals surface area contributed by atoms with Crippen LogP contribution in [0.1, 0.15) is 29.9 Å². The molecule has 0 spiro atoms. The lowest BCUT2D eigenvalue weighted by Crippen LogP contribution is -2.40. The summed E-state index contributed by atoms with van der Waals surface area (Å²) in [6, 6.07) is 25.3. The molecule has 9 heteroatoms. The second kappa shape index (κ2) is 11.3. The van der Waals surface area contributed by atoms with Crippen molar-refractivity contribution in [2.24, 2.45) is 4.99 Å². The molecule has 0 radical (unpaired) electrons. The van der Waals surface area contributed by atoms with Gasteiger partial charge in [0, 0.05) is 22.3 Å². The number of fused-ring (bicyclic) bond motifs is 1. The second-order valence-corrected chi connectivity index (χ2v) is 11.3. The van der Waals surface area contributed by atoms with Crippen LogP contribution in [0.3, 0.4) is 0 Å². The quantitative estimate of drug-likeness (QED) is 0.257. The Labute approximate surface area is 250 Å². The first-order chi connectivity index (χ1) is 20.3. The molecular formula is C33H26ClN3O4S. The minimum Gasteiger partial charge on any atom is -0.497 e. The summed E-state index contributed by atoms with van der Waals surface area (Å²) in [6.45, 7) is 3.73. The summed E-state index contributed by atoms with van der Waals surface area (Å²) >= 11 is 7.40. The number of carbonyl (C=O) groups is 1. The van der Waals surface area contributed by atoms with Gasteiger partial charge in [0.2, 0.25) is 0 Å². The highest BCUT2D eigenvalue weighted by Gasteiger charge is 2.32. The van der Waals surface area contributed by atoms with Crippen LogP contribution in [0.4, 0.5) is 5.69 Å². The number of para-hydroxylation sites is 1. The number of methoxy groups -OCH3 is 1. The molecule has 0 aliphatic carbocycles. The molecule has 1 aliphatic heterocycles. The van der Waals surface area contributed by atoms with Crippen molar-refractivity contribution in [1.82, 2.24) is 4.57 Å². The lowest BCUT2D eigenvalue weighted by molar-refractivity contribution is -0.113. The number of carbonyl (C=O) groups excluding carboxylic acids is 1. The monoisotopic (exact) mass is 595 g/mol. The number of benzene rings is 3. The molecule has 1 atom stereocenters. The predicted molar refractivity (Wildman–Crippen MR) is 166 cm³/mol. The van der Waals surface area contributed by atoms with Crippen molar-refractivity contribution in [1.29, 1.82) is 0 Å². The molecule has 1 N–H and O–H groups in total. The summed E-state index contributed by atoms with van der Waals surface area (Å²) in [5.41, 5.74) is 3.88. The van der Waals surface area contributed by atoms with Gasteiger partial charge in [-0.3, -0.25) is 14.2 Å². The highest BCUT2D eigenvalue weighted by molar-refractivity contribution is 7.07. The molecule has 0 fully saturated rings. The minimum absolute atomic E-state index is 0.269. The average molecular weight is 596 g/mol. The molecule has 1 amide bonds. The number of hydrogen-bond acceptors (Lipinski definition) is 6. The number of aryl methyl sites for hydroxylation is 1. The molecule has 3 aromatic carbocycles. The number of furan rings is 1. The maximum Gasteiger partial charge on any atom is 0.271 e. The van der Waals surface area contributed by atoms with E-state index in [0.29, 0.717) is 48.6 Å². The number of anilines is 1. The van der Waals surface area contributed by atoms with E-state index < -0.39 is 6.04 Å². The van der Waals surface area contributed by atoms with E-state index in [2.05, 4.69) is 5.32 Å². The maximum atomic E-state index is 14.0. The highest BCUT2D eigenvalue weighted by Crippen LogP contribution is 2.32. The third-order valence-corrected chi connectivity index (χ3v) is 8.32. The summed E-state index contributed by atoms with van der Waals surface area (Å²) in [4.78, 5) is 33.0. The second-order valence-electron chi connectivity index (χ2n) is 9.84. The average Bonchev–Trinajstić information content (AvgIpc) is 3.58. The van der Waals surface area contributed by atoms with Crippen LogP contribution in [-0.2, 0) is 4.79 Å². The molecule has 210 valence electrons. The Hall–Kier alpha value is -4.66. The highest BCUT2D eigenvalue weighted by atomic mass is 35.5. The van der Waals surface area contributed by atoms with E-state index in [0.717, 1.165) is 16.7 Å². The fourth-order valence-electron chi connectivity index (χ4n) is 4.97. The minimum atomic E-state index is -0.697. The lowest BCUT2D eigenvalue weighted by Gasteiger charge is -2.25. The van der Waals surface area contributed by atoms with Crippen molar-refractivity contribution in [3.8, 4) is 17.1 Å². The van der Waals surface area contributed by atoms with Crippen molar-refractivity contribution in [2.75, 3.05) is 12.4 Å². The maximum absolute atomic E-state index is 14.0. The fourth-order valence-corrected chi connectivity index (χ4v) is 6.19. The van der Waals surface area contributed by atoms with Gasteiger partial charge in [-0.25, -0.2) is 4.99 Å². The van der Waals surface area contributed by atoms with E-state index in [9.17, 15) is 9.59 Å². The third-order valence-electron chi connectivity index (χ3n) is 7.10. The van der Waals surface area contributed by atoms with E-state index >= 15 is 0 Å². The number of nitrogens with one attached hydrogen (secondary N) is 1. The molecule has 7 nitrogen and oxygen atoms in total. The Bertz CT molecular complexity index is 2040. The Morgan fingerprint density at radius 1 is 1.05 bits per heavy atom. The van der Waals surface area contributed by atoms with Crippen LogP contribution in [0, 0.1) is 6.92 Å². The first kappa shape index (κ1) is 27.5. The van der Waals surface area contributed by atoms with Gasteiger partial charge in [0.05, 0.1) is 29.0 Å². The molecule has 1 aliphatic rings. The van der Waals surface area contributed by atoms with Gasteiger partial charge in [-0.2, -0.15) is 0 Å². The van der Waals surface area contributed by atoms with Crippen LogP contribution >= 0.6 is 22.9 Å². The number of amides is 1. The van der Waals surface area contributed by atoms with Gasteiger partial charge >= 0.3 is 0 Å². The normalized spacial score (nSPS) is 14.9. The molecule has 0 saturated heterocycles. The van der Waals surface area contributed by atoms with Gasteiger partial charge < -0.3 is 14.5 Å². The summed E-state index contributed by atoms with van der Waals surface area (Å²) in [5, 5.41) is 3.63. The first-order valence-corrected chi connectivity index (χ1v) is 14.4. The zero-order valence-electron chi connectivity index (χ0n) is 23.1. The Balaban J connectivity index is 1.45. The lowest BCUT2D eigenvalue weighted by atomic mass is 9.95. The zero-order valence-corrected chi connectivity index (χ0v) is 24.6. The van der Waals surface area contributed by atoms with E-state index in [1.165, 1.54) is 11.3 Å². The van der Waals surface area contributed by atoms with Crippen LogP contribution in [-0.4, -0.2) is 17.6 Å². The van der Waals surface area contributed by atoms with Crippen molar-refractivity contribution >= 4 is 40.6 Å². The van der Waals surface area contributed by atoms with Gasteiger partial charge in [0.25, 0.3) is 11.5 Å². The largest absolute Gasteiger partial charge is 0.497 e. The Morgan fingerprint density at radius 3 is 2.57 bits per heavy atom. The number of ether oxygens (including phenoxy) is 1. The molecule has 5 aromatic rings. The Kier molecular flexibility index (Phi) is 7.41. The van der Waals surface area contributed by atoms with Gasteiger partial charge in [-0.05, 0) is 67.4 Å². The van der Waals surface area contributed by atoms with Crippen LogP contribution in [0.25, 0.3) is 17.4 Å². The van der Waals surface area contributed by atoms with Gasteiger partial charge in [-0.1, -0.05) is 65.4 Å². The number of thiazole rings is 1. The molecule has 0 saturated carbocycles. The number of allylic oxidation sites excluding steroid dienone is 1. The van der Waals surface area contributed by atoms with Crippen LogP contribution in [0.2, 0.25) is 5.02 Å².